The van der Waals surface area contributed by atoms with Crippen molar-refractivity contribution in [2.75, 3.05) is 38.4 Å². The Bertz CT molecular complexity index is 602. The summed E-state index contributed by atoms with van der Waals surface area (Å²) in [4.78, 5) is 6.51. The van der Waals surface area contributed by atoms with Crippen LogP contribution < -0.4 is 10.6 Å². The molecule has 2 N–H and O–H groups in total. The van der Waals surface area contributed by atoms with E-state index in [1.165, 1.54) is 0 Å². The number of para-hydroxylation sites is 1. The third kappa shape index (κ3) is 2.88. The first-order valence-electron chi connectivity index (χ1n) is 6.99. The third-order valence-electron chi connectivity index (χ3n) is 3.45. The van der Waals surface area contributed by atoms with Crippen LogP contribution in [0.15, 0.2) is 30.3 Å². The molecule has 1 aromatic heterocycles. The Morgan fingerprint density at radius 3 is 2.38 bits per heavy atom. The van der Waals surface area contributed by atoms with Crippen molar-refractivity contribution in [3.63, 3.8) is 0 Å². The van der Waals surface area contributed by atoms with Gasteiger partial charge >= 0.3 is 0 Å². The van der Waals surface area contributed by atoms with Crippen molar-refractivity contribution in [1.29, 1.82) is 0 Å². The van der Waals surface area contributed by atoms with Gasteiger partial charge in [-0.25, -0.2) is 0 Å². The molecule has 0 amide bonds. The summed E-state index contributed by atoms with van der Waals surface area (Å²) in [5, 5.41) is 0. The Morgan fingerprint density at radius 2 is 1.86 bits per heavy atom. The fourth-order valence-corrected chi connectivity index (χ4v) is 2.63. The Balaban J connectivity index is 2.71. The Kier molecular flexibility index (Phi) is 4.23. The maximum Gasteiger partial charge on any atom is 0.211 e. The van der Waals surface area contributed by atoms with Gasteiger partial charge in [0.2, 0.25) is 5.95 Å². The predicted octanol–water partition coefficient (Wildman–Crippen LogP) is 2.44. The highest BCUT2D eigenvalue weighted by atomic mass is 16.5. The molecule has 5 nitrogen and oxygen atoms in total. The molecule has 0 saturated heterocycles. The average molecular weight is 288 g/mol. The van der Waals surface area contributed by atoms with E-state index in [0.29, 0.717) is 12.4 Å². The topological polar surface area (TPSA) is 56.3 Å². The zero-order chi connectivity index (χ0) is 15.6. The molecule has 0 aliphatic rings. The lowest BCUT2D eigenvalue weighted by Gasteiger charge is -2.27. The maximum atomic E-state index is 6.22. The number of imidazole rings is 1. The van der Waals surface area contributed by atoms with Crippen LogP contribution in [0.3, 0.4) is 0 Å². The van der Waals surface area contributed by atoms with Gasteiger partial charge in [0.15, 0.2) is 0 Å². The first-order chi connectivity index (χ1) is 9.88. The Morgan fingerprint density at radius 1 is 1.24 bits per heavy atom. The fraction of sp³-hybridized carbons (Fsp3) is 0.438. The summed E-state index contributed by atoms with van der Waals surface area (Å²) >= 11 is 0. The van der Waals surface area contributed by atoms with E-state index >= 15 is 0 Å². The molecule has 0 atom stereocenters. The van der Waals surface area contributed by atoms with Crippen molar-refractivity contribution in [3.05, 3.63) is 36.0 Å². The summed E-state index contributed by atoms with van der Waals surface area (Å²) in [6, 6.07) is 10.1. The molecule has 2 rings (SSSR count). The number of ether oxygens (including phenoxy) is 1. The van der Waals surface area contributed by atoms with Crippen LogP contribution >= 0.6 is 0 Å². The van der Waals surface area contributed by atoms with Gasteiger partial charge < -0.3 is 15.4 Å². The number of nitrogen functional groups attached to an aromatic ring is 1. The molecule has 0 fully saturated rings. The lowest BCUT2D eigenvalue weighted by Crippen LogP contribution is -2.28. The predicted molar refractivity (Wildman–Crippen MR) is 87.2 cm³/mol. The van der Waals surface area contributed by atoms with E-state index in [4.69, 9.17) is 10.5 Å². The minimum absolute atomic E-state index is 0.240. The van der Waals surface area contributed by atoms with E-state index in [1.807, 2.05) is 37.2 Å². The molecule has 0 aliphatic carbocycles. The first kappa shape index (κ1) is 15.4. The molecule has 21 heavy (non-hydrogen) atoms. The summed E-state index contributed by atoms with van der Waals surface area (Å²) in [7, 11) is 5.64. The smallest absolute Gasteiger partial charge is 0.211 e. The monoisotopic (exact) mass is 288 g/mol. The van der Waals surface area contributed by atoms with E-state index in [2.05, 4.69) is 35.5 Å². The molecule has 0 bridgehead atoms. The molecule has 2 aromatic rings. The second-order valence-electron chi connectivity index (χ2n) is 6.03. The molecule has 0 saturated carbocycles. The van der Waals surface area contributed by atoms with Gasteiger partial charge in [-0.05, 0) is 12.1 Å². The zero-order valence-electron chi connectivity index (χ0n) is 13.4. The van der Waals surface area contributed by atoms with Crippen molar-refractivity contribution in [2.24, 2.45) is 0 Å². The normalized spacial score (nSPS) is 11.7. The molecule has 0 unspecified atom stereocenters. The van der Waals surface area contributed by atoms with Crippen LogP contribution in [0.2, 0.25) is 0 Å². The van der Waals surface area contributed by atoms with Gasteiger partial charge in [-0.3, -0.25) is 4.57 Å². The third-order valence-corrected chi connectivity index (χ3v) is 3.45. The van der Waals surface area contributed by atoms with Crippen LogP contribution in [-0.2, 0) is 10.2 Å². The van der Waals surface area contributed by atoms with Gasteiger partial charge in [0.05, 0.1) is 12.3 Å². The molecule has 114 valence electrons. The van der Waals surface area contributed by atoms with Crippen molar-refractivity contribution in [3.8, 4) is 5.69 Å². The van der Waals surface area contributed by atoms with Gasteiger partial charge in [-0.15, -0.1) is 0 Å². The van der Waals surface area contributed by atoms with Crippen LogP contribution in [0.4, 0.5) is 11.8 Å². The molecule has 0 aliphatic heterocycles. The lowest BCUT2D eigenvalue weighted by atomic mass is 9.89. The summed E-state index contributed by atoms with van der Waals surface area (Å²) in [5.74, 6) is 1.36. The van der Waals surface area contributed by atoms with Crippen LogP contribution in [0.5, 0.6) is 0 Å². The van der Waals surface area contributed by atoms with Gasteiger partial charge in [0.1, 0.15) is 5.82 Å². The number of nitrogens with two attached hydrogens (primary N) is 1. The summed E-state index contributed by atoms with van der Waals surface area (Å²) < 4.78 is 7.47. The molecule has 0 radical (unpaired) electrons. The van der Waals surface area contributed by atoms with Crippen molar-refractivity contribution in [1.82, 2.24) is 9.55 Å². The van der Waals surface area contributed by atoms with Crippen molar-refractivity contribution >= 4 is 11.8 Å². The number of methoxy groups -OCH3 is 1. The molecular weight excluding hydrogens is 264 g/mol. The first-order valence-corrected chi connectivity index (χ1v) is 6.99. The quantitative estimate of drug-likeness (QED) is 0.918. The van der Waals surface area contributed by atoms with Crippen LogP contribution in [0, 0.1) is 0 Å². The number of benzene rings is 1. The molecule has 1 aromatic carbocycles. The maximum absolute atomic E-state index is 6.22. The number of nitrogens with zero attached hydrogens (tertiary/aromatic N) is 3. The van der Waals surface area contributed by atoms with Crippen LogP contribution in [0.1, 0.15) is 19.5 Å². The molecular formula is C16H24N4O. The summed E-state index contributed by atoms with van der Waals surface area (Å²) in [6.07, 6.45) is 0. The lowest BCUT2D eigenvalue weighted by molar-refractivity contribution is 0.144. The largest absolute Gasteiger partial charge is 0.384 e. The highest BCUT2D eigenvalue weighted by Gasteiger charge is 2.31. The SMILES string of the molecule is COCC(C)(C)c1c(N)nc(N(C)C)n1-c1ccccc1. The average Bonchev–Trinajstić information content (AvgIpc) is 2.78. The van der Waals surface area contributed by atoms with E-state index in [-0.39, 0.29) is 5.41 Å². The highest BCUT2D eigenvalue weighted by molar-refractivity contribution is 5.56. The number of anilines is 2. The van der Waals surface area contributed by atoms with Gasteiger partial charge in [-0.2, -0.15) is 4.98 Å². The molecule has 1 heterocycles. The number of aromatic nitrogens is 2. The van der Waals surface area contributed by atoms with Crippen molar-refractivity contribution < 1.29 is 4.74 Å². The van der Waals surface area contributed by atoms with E-state index in [0.717, 1.165) is 17.3 Å². The number of hydrogen-bond donors (Lipinski definition) is 1. The molecule has 0 spiro atoms. The van der Waals surface area contributed by atoms with E-state index in [9.17, 15) is 0 Å². The van der Waals surface area contributed by atoms with Gasteiger partial charge in [0, 0.05) is 32.3 Å². The summed E-state index contributed by atoms with van der Waals surface area (Å²) in [6.45, 7) is 4.80. The van der Waals surface area contributed by atoms with Crippen LogP contribution in [-0.4, -0.2) is 37.4 Å². The molecule has 5 heteroatoms. The summed E-state index contributed by atoms with van der Waals surface area (Å²) in [5.41, 5.74) is 8.00. The van der Waals surface area contributed by atoms with Gasteiger partial charge in [-0.1, -0.05) is 32.0 Å². The highest BCUT2D eigenvalue weighted by Crippen LogP contribution is 2.34. The standard InChI is InChI=1S/C16H24N4O/c1-16(2,11-21-5)13-14(17)18-15(19(3)4)20(13)12-9-7-6-8-10-12/h6-10H,11,17H2,1-5H3. The Labute approximate surface area is 126 Å². The zero-order valence-corrected chi connectivity index (χ0v) is 13.4. The van der Waals surface area contributed by atoms with Gasteiger partial charge in [0.25, 0.3) is 0 Å². The fourth-order valence-electron chi connectivity index (χ4n) is 2.63. The van der Waals surface area contributed by atoms with Crippen LogP contribution in [0.25, 0.3) is 5.69 Å². The minimum Gasteiger partial charge on any atom is -0.384 e. The van der Waals surface area contributed by atoms with E-state index in [1.54, 1.807) is 7.11 Å². The van der Waals surface area contributed by atoms with Crippen molar-refractivity contribution in [2.45, 2.75) is 19.3 Å². The second-order valence-corrected chi connectivity index (χ2v) is 6.03. The Hall–Kier alpha value is -2.01. The number of rotatable bonds is 5. The minimum atomic E-state index is -0.240. The second kappa shape index (κ2) is 5.77. The van der Waals surface area contributed by atoms with E-state index < -0.39 is 0 Å². The number of hydrogen-bond acceptors (Lipinski definition) is 4.